The minimum absolute atomic E-state index is 0.160. The van der Waals surface area contributed by atoms with E-state index in [1.54, 1.807) is 35.2 Å². The number of nitrogens with two attached hydrogens (primary N) is 1. The normalized spacial score (nSPS) is 20.3. The highest BCUT2D eigenvalue weighted by Gasteiger charge is 2.54. The molecular formula is C25H25FN4O4S. The van der Waals surface area contributed by atoms with Gasteiger partial charge in [-0.1, -0.05) is 23.5 Å². The van der Waals surface area contributed by atoms with E-state index in [0.29, 0.717) is 52.4 Å². The van der Waals surface area contributed by atoms with Crippen molar-refractivity contribution in [3.63, 3.8) is 0 Å². The second-order valence-corrected chi connectivity index (χ2v) is 9.77. The number of nitrogen functional groups attached to an aromatic ring is 1. The van der Waals surface area contributed by atoms with Crippen LogP contribution in [0, 0.1) is 17.7 Å². The number of fused-ring (bicyclic) bond motifs is 1. The number of carbonyl (C=O) groups excluding carboxylic acids is 2. The molecule has 2 aliphatic rings. The Morgan fingerprint density at radius 1 is 1.20 bits per heavy atom. The third-order valence-electron chi connectivity index (χ3n) is 6.58. The number of amides is 2. The van der Waals surface area contributed by atoms with Crippen LogP contribution in [0.2, 0.25) is 0 Å². The third-order valence-corrected chi connectivity index (χ3v) is 7.52. The van der Waals surface area contributed by atoms with E-state index in [1.165, 1.54) is 26.4 Å². The molecule has 1 aromatic heterocycles. The molecular weight excluding hydrogens is 471 g/mol. The van der Waals surface area contributed by atoms with Crippen LogP contribution in [-0.2, 0) is 0 Å². The number of piperidine rings is 1. The van der Waals surface area contributed by atoms with E-state index in [4.69, 9.17) is 15.2 Å². The lowest BCUT2D eigenvalue weighted by molar-refractivity contribution is 0.0691. The lowest BCUT2D eigenvalue weighted by Gasteiger charge is -2.27. The summed E-state index contributed by atoms with van der Waals surface area (Å²) in [6, 6.07) is 10.8. The van der Waals surface area contributed by atoms with Gasteiger partial charge in [0.15, 0.2) is 5.13 Å². The second kappa shape index (κ2) is 9.18. The van der Waals surface area contributed by atoms with Gasteiger partial charge in [0, 0.05) is 24.7 Å². The quantitative estimate of drug-likeness (QED) is 0.519. The number of halogens is 1. The molecule has 1 aliphatic heterocycles. The van der Waals surface area contributed by atoms with Crippen molar-refractivity contribution in [1.82, 2.24) is 15.2 Å². The number of hydrogen-bond acceptors (Lipinski definition) is 7. The molecule has 3 atom stereocenters. The summed E-state index contributed by atoms with van der Waals surface area (Å²) in [6.07, 6.45) is 1.02. The van der Waals surface area contributed by atoms with Crippen LogP contribution in [0.25, 0.3) is 10.4 Å². The standard InChI is InChI=1S/C25H25FN4O4S/c1-33-17-7-14(8-18(10-17)34-2)23(31)28-11-20-19-9-15(19)12-30(20)24(32)21-22(35-25(27)29-21)13-4-3-5-16(26)6-13/h3-8,10,15,19-20H,9,11-12H2,1-2H3,(H2,27,29)(H,28,31)/t15-,19-,20+/m0/s1. The number of nitrogens with zero attached hydrogens (tertiary/aromatic N) is 2. The van der Waals surface area contributed by atoms with E-state index in [9.17, 15) is 14.0 Å². The Morgan fingerprint density at radius 3 is 2.63 bits per heavy atom. The molecule has 1 aliphatic carbocycles. The van der Waals surface area contributed by atoms with Crippen molar-refractivity contribution < 1.29 is 23.5 Å². The Labute approximate surface area is 205 Å². The number of nitrogens with one attached hydrogen (secondary N) is 1. The van der Waals surface area contributed by atoms with Gasteiger partial charge < -0.3 is 25.4 Å². The van der Waals surface area contributed by atoms with Crippen LogP contribution in [0.15, 0.2) is 42.5 Å². The number of anilines is 1. The van der Waals surface area contributed by atoms with Gasteiger partial charge in [-0.05, 0) is 48.1 Å². The summed E-state index contributed by atoms with van der Waals surface area (Å²) in [4.78, 5) is 33.1. The fraction of sp³-hybridized carbons (Fsp3) is 0.320. The summed E-state index contributed by atoms with van der Waals surface area (Å²) in [6.45, 7) is 0.900. The zero-order chi connectivity index (χ0) is 24.7. The van der Waals surface area contributed by atoms with Gasteiger partial charge in [-0.3, -0.25) is 9.59 Å². The number of rotatable bonds is 7. The van der Waals surface area contributed by atoms with Crippen LogP contribution in [0.1, 0.15) is 27.3 Å². The molecule has 10 heteroatoms. The number of hydrogen-bond donors (Lipinski definition) is 2. The maximum absolute atomic E-state index is 13.8. The molecule has 0 unspecified atom stereocenters. The molecule has 1 saturated heterocycles. The summed E-state index contributed by atoms with van der Waals surface area (Å²) >= 11 is 1.16. The highest BCUT2D eigenvalue weighted by molar-refractivity contribution is 7.19. The molecule has 3 aromatic rings. The molecule has 0 radical (unpaired) electrons. The molecule has 2 amide bonds. The van der Waals surface area contributed by atoms with Crippen molar-refractivity contribution in [3.8, 4) is 21.9 Å². The van der Waals surface area contributed by atoms with Gasteiger partial charge in [-0.25, -0.2) is 9.37 Å². The van der Waals surface area contributed by atoms with E-state index in [2.05, 4.69) is 10.3 Å². The van der Waals surface area contributed by atoms with E-state index >= 15 is 0 Å². The first kappa shape index (κ1) is 23.1. The first-order chi connectivity index (χ1) is 16.9. The lowest BCUT2D eigenvalue weighted by atomic mass is 10.1. The van der Waals surface area contributed by atoms with Crippen LogP contribution in [0.5, 0.6) is 11.5 Å². The molecule has 2 aromatic carbocycles. The van der Waals surface area contributed by atoms with E-state index in [1.807, 2.05) is 0 Å². The van der Waals surface area contributed by atoms with Gasteiger partial charge in [-0.15, -0.1) is 0 Å². The molecule has 0 spiro atoms. The third kappa shape index (κ3) is 4.53. The number of likely N-dealkylation sites (tertiary alicyclic amines) is 1. The van der Waals surface area contributed by atoms with Gasteiger partial charge in [0.05, 0.1) is 25.1 Å². The molecule has 1 saturated carbocycles. The number of ether oxygens (including phenoxy) is 2. The first-order valence-corrected chi connectivity index (χ1v) is 12.0. The molecule has 35 heavy (non-hydrogen) atoms. The molecule has 182 valence electrons. The number of methoxy groups -OCH3 is 2. The van der Waals surface area contributed by atoms with Gasteiger partial charge >= 0.3 is 0 Å². The maximum atomic E-state index is 13.8. The first-order valence-electron chi connectivity index (χ1n) is 11.2. The summed E-state index contributed by atoms with van der Waals surface area (Å²) in [5.41, 5.74) is 7.12. The lowest BCUT2D eigenvalue weighted by Crippen LogP contribution is -2.45. The molecule has 2 fully saturated rings. The average Bonchev–Trinajstić information content (AvgIpc) is 3.38. The van der Waals surface area contributed by atoms with E-state index in [-0.39, 0.29) is 28.7 Å². The smallest absolute Gasteiger partial charge is 0.274 e. The van der Waals surface area contributed by atoms with Gasteiger partial charge in [0.1, 0.15) is 23.0 Å². The second-order valence-electron chi connectivity index (χ2n) is 8.74. The number of benzene rings is 2. The Morgan fingerprint density at radius 2 is 1.94 bits per heavy atom. The van der Waals surface area contributed by atoms with Crippen LogP contribution in [0.4, 0.5) is 9.52 Å². The minimum atomic E-state index is -0.398. The average molecular weight is 497 g/mol. The number of carbonyl (C=O) groups is 2. The van der Waals surface area contributed by atoms with Crippen molar-refractivity contribution >= 4 is 28.3 Å². The van der Waals surface area contributed by atoms with Crippen molar-refractivity contribution in [3.05, 3.63) is 59.5 Å². The van der Waals surface area contributed by atoms with Crippen molar-refractivity contribution in [2.75, 3.05) is 33.0 Å². The maximum Gasteiger partial charge on any atom is 0.274 e. The van der Waals surface area contributed by atoms with E-state index in [0.717, 1.165) is 17.8 Å². The van der Waals surface area contributed by atoms with Crippen LogP contribution < -0.4 is 20.5 Å². The fourth-order valence-corrected chi connectivity index (χ4v) is 5.57. The largest absolute Gasteiger partial charge is 0.497 e. The zero-order valence-electron chi connectivity index (χ0n) is 19.3. The van der Waals surface area contributed by atoms with E-state index < -0.39 is 5.82 Å². The van der Waals surface area contributed by atoms with Crippen molar-refractivity contribution in [2.24, 2.45) is 11.8 Å². The summed E-state index contributed by atoms with van der Waals surface area (Å²) in [5, 5.41) is 3.20. The minimum Gasteiger partial charge on any atom is -0.497 e. The summed E-state index contributed by atoms with van der Waals surface area (Å²) in [7, 11) is 3.05. The highest BCUT2D eigenvalue weighted by atomic mass is 32.1. The van der Waals surface area contributed by atoms with Gasteiger partial charge in [-0.2, -0.15) is 0 Å². The molecule has 3 N–H and O–H groups in total. The fourth-order valence-electron chi connectivity index (χ4n) is 4.75. The zero-order valence-corrected chi connectivity index (χ0v) is 20.1. The molecule has 5 rings (SSSR count). The van der Waals surface area contributed by atoms with Crippen LogP contribution in [-0.4, -0.2) is 55.0 Å². The highest BCUT2D eigenvalue weighted by Crippen LogP contribution is 2.50. The summed E-state index contributed by atoms with van der Waals surface area (Å²) in [5.74, 6) is 0.828. The molecule has 0 bridgehead atoms. The van der Waals surface area contributed by atoms with Crippen molar-refractivity contribution in [2.45, 2.75) is 12.5 Å². The Hall–Kier alpha value is -3.66. The Bertz CT molecular complexity index is 1270. The topological polar surface area (TPSA) is 107 Å². The number of thiazole rings is 1. The Balaban J connectivity index is 1.34. The summed E-state index contributed by atoms with van der Waals surface area (Å²) < 4.78 is 24.3. The SMILES string of the molecule is COc1cc(OC)cc(C(=O)NC[C@@H]2[C@H]3C[C@H]3CN2C(=O)c2nc(N)sc2-c2cccc(F)c2)c1. The monoisotopic (exact) mass is 496 g/mol. The van der Waals surface area contributed by atoms with Gasteiger partial charge in [0.25, 0.3) is 11.8 Å². The molecule has 2 heterocycles. The molecule has 8 nitrogen and oxygen atoms in total. The number of aromatic nitrogens is 1. The van der Waals surface area contributed by atoms with Crippen LogP contribution in [0.3, 0.4) is 0 Å². The predicted molar refractivity (Wildman–Crippen MR) is 130 cm³/mol. The van der Waals surface area contributed by atoms with Crippen LogP contribution >= 0.6 is 11.3 Å². The van der Waals surface area contributed by atoms with Gasteiger partial charge in [0.2, 0.25) is 0 Å². The van der Waals surface area contributed by atoms with Crippen molar-refractivity contribution in [1.29, 1.82) is 0 Å². The predicted octanol–water partition coefficient (Wildman–Crippen LogP) is 3.44. The Kier molecular flexibility index (Phi) is 6.06.